The van der Waals surface area contributed by atoms with Gasteiger partial charge < -0.3 is 14.1 Å². The first kappa shape index (κ1) is 21.2. The van der Waals surface area contributed by atoms with Gasteiger partial charge in [-0.15, -0.1) is 0 Å². The summed E-state index contributed by atoms with van der Waals surface area (Å²) in [5.74, 6) is 0.519. The molecule has 6 nitrogen and oxygen atoms in total. The number of halogens is 1. The van der Waals surface area contributed by atoms with Crippen molar-refractivity contribution in [1.29, 1.82) is 0 Å². The van der Waals surface area contributed by atoms with E-state index in [1.54, 1.807) is 31.4 Å². The van der Waals surface area contributed by atoms with Crippen LogP contribution in [0.2, 0.25) is 0 Å². The molecule has 4 aromatic rings. The Morgan fingerprint density at radius 3 is 2.36 bits per heavy atom. The van der Waals surface area contributed by atoms with Crippen LogP contribution in [0.25, 0.3) is 11.5 Å². The van der Waals surface area contributed by atoms with Gasteiger partial charge in [-0.2, -0.15) is 4.98 Å². The van der Waals surface area contributed by atoms with Crippen molar-refractivity contribution in [3.05, 3.63) is 89.7 Å². The number of methoxy groups -OCH3 is 1. The highest BCUT2D eigenvalue weighted by Crippen LogP contribution is 2.37. The summed E-state index contributed by atoms with van der Waals surface area (Å²) in [5, 5.41) is -0.181. The molecular weight excluding hydrogens is 443 g/mol. The number of anilines is 1. The Morgan fingerprint density at radius 2 is 1.67 bits per heavy atom. The number of benzene rings is 3. The maximum atomic E-state index is 13.5. The zero-order valence-electron chi connectivity index (χ0n) is 17.9. The van der Waals surface area contributed by atoms with Gasteiger partial charge in [0, 0.05) is 18.7 Å². The Hall–Kier alpha value is -3.65. The molecular formula is C25H21FN2O4S. The van der Waals surface area contributed by atoms with Crippen LogP contribution in [-0.4, -0.2) is 27.1 Å². The van der Waals surface area contributed by atoms with Gasteiger partial charge in [0.1, 0.15) is 11.6 Å². The number of rotatable bonds is 5. The molecule has 0 unspecified atom stereocenters. The number of sulfone groups is 1. The van der Waals surface area contributed by atoms with Crippen LogP contribution in [0, 0.1) is 5.82 Å². The number of fused-ring (bicyclic) bond motifs is 1. The van der Waals surface area contributed by atoms with E-state index in [2.05, 4.69) is 11.1 Å². The Kier molecular flexibility index (Phi) is 5.38. The van der Waals surface area contributed by atoms with Crippen molar-refractivity contribution in [2.75, 3.05) is 18.6 Å². The Labute approximate surface area is 191 Å². The maximum absolute atomic E-state index is 13.5. The number of ether oxygens (including phenoxy) is 1. The van der Waals surface area contributed by atoms with Crippen LogP contribution in [0.5, 0.6) is 5.75 Å². The molecule has 3 aromatic carbocycles. The Balaban J connectivity index is 1.62. The molecule has 168 valence electrons. The molecule has 1 aliphatic rings. The second-order valence-corrected chi connectivity index (χ2v) is 9.62. The lowest BCUT2D eigenvalue weighted by atomic mass is 10.0. The highest BCUT2D eigenvalue weighted by Gasteiger charge is 2.32. The van der Waals surface area contributed by atoms with Crippen molar-refractivity contribution in [2.24, 2.45) is 0 Å². The van der Waals surface area contributed by atoms with Crippen LogP contribution >= 0.6 is 0 Å². The van der Waals surface area contributed by atoms with Gasteiger partial charge in [0.2, 0.25) is 26.6 Å². The number of hydrogen-bond donors (Lipinski definition) is 0. The van der Waals surface area contributed by atoms with Crippen molar-refractivity contribution in [2.45, 2.75) is 22.9 Å². The fourth-order valence-corrected chi connectivity index (χ4v) is 5.25. The molecule has 0 aliphatic carbocycles. The summed E-state index contributed by atoms with van der Waals surface area (Å²) >= 11 is 0. The smallest absolute Gasteiger partial charge is 0.236 e. The second kappa shape index (κ2) is 8.37. The molecule has 5 rings (SSSR count). The molecule has 0 bridgehead atoms. The molecule has 33 heavy (non-hydrogen) atoms. The summed E-state index contributed by atoms with van der Waals surface area (Å²) in [7, 11) is -2.48. The summed E-state index contributed by atoms with van der Waals surface area (Å²) in [6.07, 6.45) is 0.755. The molecule has 0 radical (unpaired) electrons. The van der Waals surface area contributed by atoms with E-state index >= 15 is 0 Å². The Bertz CT molecular complexity index is 1400. The maximum Gasteiger partial charge on any atom is 0.236 e. The number of nitrogens with zero attached hydrogens (tertiary/aromatic N) is 2. The van der Waals surface area contributed by atoms with E-state index < -0.39 is 15.7 Å². The van der Waals surface area contributed by atoms with Crippen LogP contribution in [0.1, 0.15) is 11.1 Å². The predicted octanol–water partition coefficient (Wildman–Crippen LogP) is 4.88. The summed E-state index contributed by atoms with van der Waals surface area (Å²) < 4.78 is 51.7. The highest BCUT2D eigenvalue weighted by atomic mass is 32.2. The van der Waals surface area contributed by atoms with Crippen LogP contribution < -0.4 is 9.64 Å². The molecule has 1 aromatic heterocycles. The molecule has 0 fully saturated rings. The van der Waals surface area contributed by atoms with E-state index in [0.29, 0.717) is 24.4 Å². The van der Waals surface area contributed by atoms with Crippen LogP contribution in [0.4, 0.5) is 10.3 Å². The molecule has 0 spiro atoms. The zero-order valence-corrected chi connectivity index (χ0v) is 18.7. The van der Waals surface area contributed by atoms with E-state index in [0.717, 1.165) is 24.1 Å². The van der Waals surface area contributed by atoms with Gasteiger partial charge in [0.25, 0.3) is 0 Å². The molecule has 0 atom stereocenters. The molecule has 0 saturated heterocycles. The predicted molar refractivity (Wildman–Crippen MR) is 122 cm³/mol. The van der Waals surface area contributed by atoms with Crippen molar-refractivity contribution < 1.29 is 22.0 Å². The van der Waals surface area contributed by atoms with Crippen molar-refractivity contribution >= 4 is 15.7 Å². The van der Waals surface area contributed by atoms with Gasteiger partial charge in [0.15, 0.2) is 0 Å². The third-order valence-corrected chi connectivity index (χ3v) is 7.38. The summed E-state index contributed by atoms with van der Waals surface area (Å²) in [6, 6.07) is 19.8. The lowest BCUT2D eigenvalue weighted by Gasteiger charge is -2.28. The van der Waals surface area contributed by atoms with Crippen LogP contribution in [0.15, 0.2) is 87.1 Å². The zero-order chi connectivity index (χ0) is 23.0. The molecule has 0 saturated carbocycles. The molecule has 8 heteroatoms. The lowest BCUT2D eigenvalue weighted by molar-refractivity contribution is 0.415. The van der Waals surface area contributed by atoms with Gasteiger partial charge in [-0.05, 0) is 66.1 Å². The standard InChI is InChI=1S/C25H21FN2O4S/c1-31-21-10-6-18(7-11-21)23-27-24(33(29,30)22-12-8-20(26)9-13-22)25(32-23)28-15-14-17-4-2-3-5-19(17)16-28/h2-13H,14-16H2,1H3. The van der Waals surface area contributed by atoms with E-state index in [4.69, 9.17) is 9.15 Å². The SMILES string of the molecule is COc1ccc(-c2nc(S(=O)(=O)c3ccc(F)cc3)c(N3CCc4ccccc4C3)o2)cc1. The van der Waals surface area contributed by atoms with Crippen molar-refractivity contribution in [3.63, 3.8) is 0 Å². The van der Waals surface area contributed by atoms with Gasteiger partial charge in [-0.3, -0.25) is 0 Å². The lowest BCUT2D eigenvalue weighted by Crippen LogP contribution is -2.31. The Morgan fingerprint density at radius 1 is 0.970 bits per heavy atom. The number of aromatic nitrogens is 1. The third kappa shape index (κ3) is 3.98. The normalized spacial score (nSPS) is 13.6. The van der Waals surface area contributed by atoms with E-state index in [1.165, 1.54) is 17.7 Å². The quantitative estimate of drug-likeness (QED) is 0.392. The van der Waals surface area contributed by atoms with E-state index in [1.807, 2.05) is 23.1 Å². The average molecular weight is 465 g/mol. The van der Waals surface area contributed by atoms with Crippen molar-refractivity contribution in [1.82, 2.24) is 4.98 Å². The molecule has 0 N–H and O–H groups in total. The minimum Gasteiger partial charge on any atom is -0.497 e. The largest absolute Gasteiger partial charge is 0.497 e. The first-order valence-corrected chi connectivity index (χ1v) is 11.9. The monoisotopic (exact) mass is 464 g/mol. The molecule has 2 heterocycles. The number of hydrogen-bond acceptors (Lipinski definition) is 6. The van der Waals surface area contributed by atoms with E-state index in [9.17, 15) is 12.8 Å². The first-order chi connectivity index (χ1) is 16.0. The first-order valence-electron chi connectivity index (χ1n) is 10.4. The number of oxazole rings is 1. The third-order valence-electron chi connectivity index (χ3n) is 5.71. The topological polar surface area (TPSA) is 72.6 Å². The van der Waals surface area contributed by atoms with Crippen LogP contribution in [0.3, 0.4) is 0 Å². The minimum atomic E-state index is -4.05. The summed E-state index contributed by atoms with van der Waals surface area (Å²) in [6.45, 7) is 1.08. The fraction of sp³-hybridized carbons (Fsp3) is 0.160. The van der Waals surface area contributed by atoms with Gasteiger partial charge in [0.05, 0.1) is 12.0 Å². The summed E-state index contributed by atoms with van der Waals surface area (Å²) in [4.78, 5) is 6.25. The highest BCUT2D eigenvalue weighted by molar-refractivity contribution is 7.91. The molecule has 1 aliphatic heterocycles. The minimum absolute atomic E-state index is 0.0443. The van der Waals surface area contributed by atoms with E-state index in [-0.39, 0.29) is 21.7 Å². The van der Waals surface area contributed by atoms with Gasteiger partial charge in [-0.1, -0.05) is 24.3 Å². The summed E-state index contributed by atoms with van der Waals surface area (Å²) in [5.41, 5.74) is 2.96. The average Bonchev–Trinajstić information content (AvgIpc) is 3.31. The van der Waals surface area contributed by atoms with Gasteiger partial charge >= 0.3 is 0 Å². The second-order valence-electron chi connectivity index (χ2n) is 7.76. The van der Waals surface area contributed by atoms with Crippen LogP contribution in [-0.2, 0) is 22.8 Å². The fourth-order valence-electron chi connectivity index (χ4n) is 3.92. The molecule has 0 amide bonds. The van der Waals surface area contributed by atoms with Crippen molar-refractivity contribution in [3.8, 4) is 17.2 Å². The van der Waals surface area contributed by atoms with Gasteiger partial charge in [-0.25, -0.2) is 12.8 Å².